The second-order valence-corrected chi connectivity index (χ2v) is 4.17. The van der Waals surface area contributed by atoms with Gasteiger partial charge in [0.2, 0.25) is 5.91 Å². The lowest BCUT2D eigenvalue weighted by molar-refractivity contribution is -0.120. The summed E-state index contributed by atoms with van der Waals surface area (Å²) in [4.78, 5) is 13.8. The molecule has 1 rings (SSSR count). The molecule has 0 saturated heterocycles. The summed E-state index contributed by atoms with van der Waals surface area (Å²) >= 11 is 0. The first-order valence-electron chi connectivity index (χ1n) is 5.83. The van der Waals surface area contributed by atoms with Crippen LogP contribution in [0.3, 0.4) is 0 Å². The first-order valence-corrected chi connectivity index (χ1v) is 5.83. The van der Waals surface area contributed by atoms with Gasteiger partial charge >= 0.3 is 0 Å². The molecule has 0 spiro atoms. The summed E-state index contributed by atoms with van der Waals surface area (Å²) in [5.74, 6) is -0.829. The average molecular weight is 249 g/mol. The molecule has 3 N–H and O–H groups in total. The van der Waals surface area contributed by atoms with E-state index in [4.69, 9.17) is 10.9 Å². The van der Waals surface area contributed by atoms with Crippen LogP contribution in [0.1, 0.15) is 18.9 Å². The van der Waals surface area contributed by atoms with Crippen molar-refractivity contribution in [1.82, 2.24) is 0 Å². The molecule has 1 atom stereocenters. The Kier molecular flexibility index (Phi) is 4.71. The lowest BCUT2D eigenvalue weighted by atomic mass is 10.0. The molecule has 0 heterocycles. The van der Waals surface area contributed by atoms with Gasteiger partial charge in [0.25, 0.3) is 0 Å². The number of anilines is 1. The SMILES string of the molecule is CCC(C(=O)N(C)c1ccccc1C)C(N)=NO. The maximum Gasteiger partial charge on any atom is 0.237 e. The van der Waals surface area contributed by atoms with E-state index in [2.05, 4.69) is 5.16 Å². The Morgan fingerprint density at radius 3 is 2.61 bits per heavy atom. The summed E-state index contributed by atoms with van der Waals surface area (Å²) in [5, 5.41) is 11.6. The number of nitrogens with two attached hydrogens (primary N) is 1. The van der Waals surface area contributed by atoms with Gasteiger partial charge in [0.15, 0.2) is 5.84 Å². The van der Waals surface area contributed by atoms with E-state index in [1.54, 1.807) is 11.9 Å². The van der Waals surface area contributed by atoms with Crippen LogP contribution in [-0.2, 0) is 4.79 Å². The zero-order valence-electron chi connectivity index (χ0n) is 10.9. The van der Waals surface area contributed by atoms with E-state index in [-0.39, 0.29) is 11.7 Å². The maximum absolute atomic E-state index is 12.3. The summed E-state index contributed by atoms with van der Waals surface area (Å²) in [5.41, 5.74) is 7.36. The first-order chi connectivity index (χ1) is 8.52. The highest BCUT2D eigenvalue weighted by atomic mass is 16.4. The zero-order chi connectivity index (χ0) is 13.7. The smallest absolute Gasteiger partial charge is 0.237 e. The average Bonchev–Trinajstić information content (AvgIpc) is 2.38. The van der Waals surface area contributed by atoms with E-state index < -0.39 is 5.92 Å². The van der Waals surface area contributed by atoms with Crippen LogP contribution in [0.15, 0.2) is 29.4 Å². The molecular formula is C13H19N3O2. The number of nitrogens with zero attached hydrogens (tertiary/aromatic N) is 2. The molecule has 0 radical (unpaired) electrons. The molecule has 0 fully saturated rings. The van der Waals surface area contributed by atoms with Crippen molar-refractivity contribution in [3.63, 3.8) is 0 Å². The van der Waals surface area contributed by atoms with Gasteiger partial charge in [-0.05, 0) is 25.0 Å². The van der Waals surface area contributed by atoms with E-state index >= 15 is 0 Å². The van der Waals surface area contributed by atoms with Crippen molar-refractivity contribution in [2.24, 2.45) is 16.8 Å². The molecule has 1 unspecified atom stereocenters. The van der Waals surface area contributed by atoms with Crippen LogP contribution in [0.5, 0.6) is 0 Å². The number of amides is 1. The third-order valence-electron chi connectivity index (χ3n) is 2.99. The summed E-state index contributed by atoms with van der Waals surface area (Å²) in [6.07, 6.45) is 0.491. The van der Waals surface area contributed by atoms with Crippen LogP contribution in [0.2, 0.25) is 0 Å². The zero-order valence-corrected chi connectivity index (χ0v) is 10.9. The Morgan fingerprint density at radius 1 is 1.50 bits per heavy atom. The van der Waals surface area contributed by atoms with Crippen molar-refractivity contribution in [3.8, 4) is 0 Å². The van der Waals surface area contributed by atoms with Crippen molar-refractivity contribution in [2.75, 3.05) is 11.9 Å². The van der Waals surface area contributed by atoms with Gasteiger partial charge in [0.1, 0.15) is 0 Å². The number of para-hydroxylation sites is 1. The number of hydrogen-bond acceptors (Lipinski definition) is 3. The standard InChI is InChI=1S/C13H19N3O2/c1-4-10(12(14)15-18)13(17)16(3)11-8-6-5-7-9(11)2/h5-8,10,18H,4H2,1-3H3,(H2,14,15). The Bertz CT molecular complexity index is 457. The molecule has 1 aromatic carbocycles. The van der Waals surface area contributed by atoms with Crippen molar-refractivity contribution >= 4 is 17.4 Å². The second kappa shape index (κ2) is 6.05. The van der Waals surface area contributed by atoms with Crippen molar-refractivity contribution in [1.29, 1.82) is 0 Å². The minimum atomic E-state index is -0.598. The number of carbonyl (C=O) groups excluding carboxylic acids is 1. The highest BCUT2D eigenvalue weighted by Crippen LogP contribution is 2.20. The van der Waals surface area contributed by atoms with Crippen LogP contribution in [0.4, 0.5) is 5.69 Å². The van der Waals surface area contributed by atoms with Crippen molar-refractivity contribution in [3.05, 3.63) is 29.8 Å². The van der Waals surface area contributed by atoms with Crippen molar-refractivity contribution in [2.45, 2.75) is 20.3 Å². The molecule has 98 valence electrons. The van der Waals surface area contributed by atoms with Crippen LogP contribution < -0.4 is 10.6 Å². The van der Waals surface area contributed by atoms with Gasteiger partial charge in [-0.3, -0.25) is 4.79 Å². The van der Waals surface area contributed by atoms with Gasteiger partial charge in [-0.1, -0.05) is 30.3 Å². The molecule has 0 saturated carbocycles. The topological polar surface area (TPSA) is 78.9 Å². The molecule has 0 aliphatic carbocycles. The Morgan fingerprint density at radius 2 is 2.11 bits per heavy atom. The number of carbonyl (C=O) groups is 1. The van der Waals surface area contributed by atoms with Gasteiger partial charge in [0.05, 0.1) is 5.92 Å². The van der Waals surface area contributed by atoms with Gasteiger partial charge in [-0.15, -0.1) is 0 Å². The highest BCUT2D eigenvalue weighted by molar-refractivity contribution is 6.08. The Hall–Kier alpha value is -2.04. The number of benzene rings is 1. The molecule has 0 aliphatic rings. The van der Waals surface area contributed by atoms with Crippen molar-refractivity contribution < 1.29 is 10.0 Å². The number of amidine groups is 1. The van der Waals surface area contributed by atoms with Gasteiger partial charge in [0, 0.05) is 12.7 Å². The van der Waals surface area contributed by atoms with E-state index in [0.717, 1.165) is 11.3 Å². The second-order valence-electron chi connectivity index (χ2n) is 4.17. The molecule has 0 bridgehead atoms. The lowest BCUT2D eigenvalue weighted by Gasteiger charge is -2.23. The normalized spacial score (nSPS) is 13.2. The first kappa shape index (κ1) is 14.0. The summed E-state index contributed by atoms with van der Waals surface area (Å²) in [6, 6.07) is 7.59. The maximum atomic E-state index is 12.3. The van der Waals surface area contributed by atoms with Crippen LogP contribution in [0, 0.1) is 12.8 Å². The van der Waals surface area contributed by atoms with E-state index in [1.807, 2.05) is 38.1 Å². The number of oxime groups is 1. The third kappa shape index (κ3) is 2.80. The van der Waals surface area contributed by atoms with Crippen LogP contribution in [-0.4, -0.2) is 24.0 Å². The predicted molar refractivity (Wildman–Crippen MR) is 71.8 cm³/mol. The summed E-state index contributed by atoms with van der Waals surface area (Å²) in [6.45, 7) is 3.76. The minimum absolute atomic E-state index is 0.0528. The number of hydrogen-bond donors (Lipinski definition) is 2. The van der Waals surface area contributed by atoms with Gasteiger partial charge in [-0.25, -0.2) is 0 Å². The lowest BCUT2D eigenvalue weighted by Crippen LogP contribution is -2.40. The van der Waals surface area contributed by atoms with Crippen LogP contribution >= 0.6 is 0 Å². The molecule has 18 heavy (non-hydrogen) atoms. The van der Waals surface area contributed by atoms with Crippen LogP contribution in [0.25, 0.3) is 0 Å². The molecule has 0 aliphatic heterocycles. The highest BCUT2D eigenvalue weighted by Gasteiger charge is 2.25. The summed E-state index contributed by atoms with van der Waals surface area (Å²) in [7, 11) is 1.69. The number of rotatable bonds is 4. The fraction of sp³-hybridized carbons (Fsp3) is 0.385. The summed E-state index contributed by atoms with van der Waals surface area (Å²) < 4.78 is 0. The van der Waals surface area contributed by atoms with E-state index in [9.17, 15) is 4.79 Å². The molecular weight excluding hydrogens is 230 g/mol. The Balaban J connectivity index is 3.00. The number of aryl methyl sites for hydroxylation is 1. The van der Waals surface area contributed by atoms with E-state index in [0.29, 0.717) is 6.42 Å². The molecule has 5 nitrogen and oxygen atoms in total. The van der Waals surface area contributed by atoms with E-state index in [1.165, 1.54) is 0 Å². The fourth-order valence-electron chi connectivity index (χ4n) is 1.87. The molecule has 0 aromatic heterocycles. The molecule has 1 aromatic rings. The van der Waals surface area contributed by atoms with Gasteiger partial charge < -0.3 is 15.8 Å². The van der Waals surface area contributed by atoms with Gasteiger partial charge in [-0.2, -0.15) is 0 Å². The molecule has 1 amide bonds. The molecule has 5 heteroatoms. The quantitative estimate of drug-likeness (QED) is 0.369. The monoisotopic (exact) mass is 249 g/mol. The fourth-order valence-corrected chi connectivity index (χ4v) is 1.87. The Labute approximate surface area is 107 Å². The largest absolute Gasteiger partial charge is 0.409 e. The minimum Gasteiger partial charge on any atom is -0.409 e. The predicted octanol–water partition coefficient (Wildman–Crippen LogP) is 1.73. The third-order valence-corrected chi connectivity index (χ3v) is 2.99.